The number of sulfonamides is 1. The Morgan fingerprint density at radius 2 is 1.90 bits per heavy atom. The molecule has 6 heteroatoms. The van der Waals surface area contributed by atoms with E-state index in [4.69, 9.17) is 10.5 Å². The van der Waals surface area contributed by atoms with Gasteiger partial charge >= 0.3 is 0 Å². The molecule has 20 heavy (non-hydrogen) atoms. The molecule has 114 valence electrons. The van der Waals surface area contributed by atoms with E-state index in [0.29, 0.717) is 48.0 Å². The Labute approximate surface area is 121 Å². The maximum Gasteiger partial charge on any atom is 0.243 e. The normalized spacial score (nSPS) is 12.1. The summed E-state index contributed by atoms with van der Waals surface area (Å²) in [6.07, 6.45) is 0. The number of hydrogen-bond donors (Lipinski definition) is 1. The van der Waals surface area contributed by atoms with Gasteiger partial charge in [-0.3, -0.25) is 0 Å². The van der Waals surface area contributed by atoms with Gasteiger partial charge in [-0.1, -0.05) is 13.0 Å². The number of likely N-dealkylation sites (N-methyl/N-ethyl adjacent to an activating group) is 1. The van der Waals surface area contributed by atoms with Gasteiger partial charge in [0.15, 0.2) is 0 Å². The van der Waals surface area contributed by atoms with Crippen molar-refractivity contribution in [2.75, 3.05) is 32.0 Å². The fourth-order valence-corrected chi connectivity index (χ4v) is 4.02. The predicted molar refractivity (Wildman–Crippen MR) is 81.3 cm³/mol. The highest BCUT2D eigenvalue weighted by molar-refractivity contribution is 7.89. The first kappa shape index (κ1) is 16.9. The second-order valence-corrected chi connectivity index (χ2v) is 6.49. The van der Waals surface area contributed by atoms with Crippen molar-refractivity contribution in [1.82, 2.24) is 4.31 Å². The molecule has 0 aliphatic carbocycles. The number of ether oxygens (including phenoxy) is 1. The number of aryl methyl sites for hydroxylation is 1. The lowest BCUT2D eigenvalue weighted by Crippen LogP contribution is -2.34. The van der Waals surface area contributed by atoms with Crippen molar-refractivity contribution in [3.63, 3.8) is 0 Å². The monoisotopic (exact) mass is 300 g/mol. The van der Waals surface area contributed by atoms with Crippen molar-refractivity contribution in [3.05, 3.63) is 23.3 Å². The van der Waals surface area contributed by atoms with Crippen LogP contribution in [0.3, 0.4) is 0 Å². The van der Waals surface area contributed by atoms with Gasteiger partial charge in [-0.15, -0.1) is 0 Å². The van der Waals surface area contributed by atoms with Crippen molar-refractivity contribution >= 4 is 15.7 Å². The van der Waals surface area contributed by atoms with E-state index in [2.05, 4.69) is 0 Å². The summed E-state index contributed by atoms with van der Waals surface area (Å²) in [4.78, 5) is 0.316. The number of anilines is 1. The molecule has 1 aromatic carbocycles. The average molecular weight is 300 g/mol. The summed E-state index contributed by atoms with van der Waals surface area (Å²) >= 11 is 0. The van der Waals surface area contributed by atoms with E-state index < -0.39 is 10.0 Å². The molecule has 0 unspecified atom stereocenters. The summed E-state index contributed by atoms with van der Waals surface area (Å²) in [5.41, 5.74) is 7.66. The molecular formula is C14H24N2O3S. The summed E-state index contributed by atoms with van der Waals surface area (Å²) < 4.78 is 32.2. The molecule has 0 aromatic heterocycles. The Morgan fingerprint density at radius 1 is 1.25 bits per heavy atom. The van der Waals surface area contributed by atoms with Crippen LogP contribution in [0, 0.1) is 13.8 Å². The molecule has 0 amide bonds. The molecule has 0 aliphatic heterocycles. The standard InChI is InChI=1S/C14H24N2O3S/c1-5-16(9-10-19-6-2)20(17,18)14-11(3)7-8-13(15)12(14)4/h7-8H,5-6,9-10,15H2,1-4H3. The molecule has 0 saturated heterocycles. The lowest BCUT2D eigenvalue weighted by Gasteiger charge is -2.23. The van der Waals surface area contributed by atoms with E-state index in [0.717, 1.165) is 0 Å². The van der Waals surface area contributed by atoms with E-state index >= 15 is 0 Å². The zero-order valence-corrected chi connectivity index (χ0v) is 13.5. The Hall–Kier alpha value is -1.11. The smallest absolute Gasteiger partial charge is 0.243 e. The third kappa shape index (κ3) is 3.50. The van der Waals surface area contributed by atoms with Gasteiger partial charge in [-0.25, -0.2) is 8.42 Å². The minimum Gasteiger partial charge on any atom is -0.398 e. The van der Waals surface area contributed by atoms with Gasteiger partial charge in [-0.2, -0.15) is 4.31 Å². The van der Waals surface area contributed by atoms with Crippen LogP contribution >= 0.6 is 0 Å². The Bertz CT molecular complexity index is 556. The third-order valence-electron chi connectivity index (χ3n) is 3.28. The van der Waals surface area contributed by atoms with E-state index in [1.807, 2.05) is 13.8 Å². The third-order valence-corrected chi connectivity index (χ3v) is 5.55. The Morgan fingerprint density at radius 3 is 2.45 bits per heavy atom. The molecule has 1 aromatic rings. The zero-order valence-electron chi connectivity index (χ0n) is 12.6. The number of nitrogens with zero attached hydrogens (tertiary/aromatic N) is 1. The van der Waals surface area contributed by atoms with Crippen LogP contribution in [0.1, 0.15) is 25.0 Å². The van der Waals surface area contributed by atoms with Gasteiger partial charge in [0.05, 0.1) is 11.5 Å². The lowest BCUT2D eigenvalue weighted by atomic mass is 10.1. The number of hydrogen-bond acceptors (Lipinski definition) is 4. The zero-order chi connectivity index (χ0) is 15.3. The summed E-state index contributed by atoms with van der Waals surface area (Å²) in [6, 6.07) is 3.48. The SMILES string of the molecule is CCOCCN(CC)S(=O)(=O)c1c(C)ccc(N)c1C. The van der Waals surface area contributed by atoms with E-state index in [-0.39, 0.29) is 0 Å². The summed E-state index contributed by atoms with van der Waals surface area (Å²) in [6.45, 7) is 8.96. The first-order chi connectivity index (χ1) is 9.36. The highest BCUT2D eigenvalue weighted by Crippen LogP contribution is 2.27. The van der Waals surface area contributed by atoms with Gasteiger partial charge < -0.3 is 10.5 Å². The minimum atomic E-state index is -3.54. The van der Waals surface area contributed by atoms with E-state index in [1.165, 1.54) is 4.31 Å². The average Bonchev–Trinajstić information content (AvgIpc) is 2.39. The number of rotatable bonds is 7. The van der Waals surface area contributed by atoms with Crippen LogP contribution in [0.2, 0.25) is 0 Å². The van der Waals surface area contributed by atoms with Gasteiger partial charge in [0.1, 0.15) is 0 Å². The maximum atomic E-state index is 12.8. The second-order valence-electron chi connectivity index (χ2n) is 4.62. The Kier molecular flexibility index (Phi) is 5.98. The van der Waals surface area contributed by atoms with Crippen LogP contribution in [0.25, 0.3) is 0 Å². The first-order valence-electron chi connectivity index (χ1n) is 6.79. The number of benzene rings is 1. The summed E-state index contributed by atoms with van der Waals surface area (Å²) in [5, 5.41) is 0. The highest BCUT2D eigenvalue weighted by Gasteiger charge is 2.27. The van der Waals surface area contributed by atoms with E-state index in [1.54, 1.807) is 26.0 Å². The molecule has 0 aliphatic rings. The van der Waals surface area contributed by atoms with Crippen LogP contribution in [0.4, 0.5) is 5.69 Å². The van der Waals surface area contributed by atoms with Crippen LogP contribution in [0.5, 0.6) is 0 Å². The first-order valence-corrected chi connectivity index (χ1v) is 8.23. The summed E-state index contributed by atoms with van der Waals surface area (Å²) in [5.74, 6) is 0. The highest BCUT2D eigenvalue weighted by atomic mass is 32.2. The minimum absolute atomic E-state index is 0.316. The van der Waals surface area contributed by atoms with Crippen molar-refractivity contribution in [1.29, 1.82) is 0 Å². The maximum absolute atomic E-state index is 12.8. The summed E-state index contributed by atoms with van der Waals surface area (Å²) in [7, 11) is -3.54. The molecular weight excluding hydrogens is 276 g/mol. The molecule has 2 N–H and O–H groups in total. The van der Waals surface area contributed by atoms with Gasteiger partial charge in [0.25, 0.3) is 0 Å². The van der Waals surface area contributed by atoms with Crippen molar-refractivity contribution < 1.29 is 13.2 Å². The topological polar surface area (TPSA) is 72.6 Å². The lowest BCUT2D eigenvalue weighted by molar-refractivity contribution is 0.135. The van der Waals surface area contributed by atoms with Gasteiger partial charge in [-0.05, 0) is 38.0 Å². The van der Waals surface area contributed by atoms with Crippen molar-refractivity contribution in [2.45, 2.75) is 32.6 Å². The molecule has 5 nitrogen and oxygen atoms in total. The van der Waals surface area contributed by atoms with Crippen molar-refractivity contribution in [2.24, 2.45) is 0 Å². The van der Waals surface area contributed by atoms with Crippen molar-refractivity contribution in [3.8, 4) is 0 Å². The van der Waals surface area contributed by atoms with Gasteiger partial charge in [0, 0.05) is 25.4 Å². The molecule has 0 radical (unpaired) electrons. The van der Waals surface area contributed by atoms with Crippen LogP contribution < -0.4 is 5.73 Å². The van der Waals surface area contributed by atoms with Gasteiger partial charge in [0.2, 0.25) is 10.0 Å². The van der Waals surface area contributed by atoms with E-state index in [9.17, 15) is 8.42 Å². The molecule has 0 fully saturated rings. The molecule has 0 heterocycles. The number of nitrogen functional groups attached to an aromatic ring is 1. The second kappa shape index (κ2) is 7.06. The largest absolute Gasteiger partial charge is 0.398 e. The quantitative estimate of drug-likeness (QED) is 0.617. The predicted octanol–water partition coefficient (Wildman–Crippen LogP) is 1.93. The number of nitrogens with two attached hydrogens (primary N) is 1. The molecule has 0 bridgehead atoms. The molecule has 0 spiro atoms. The molecule has 1 rings (SSSR count). The fraction of sp³-hybridized carbons (Fsp3) is 0.571. The van der Waals surface area contributed by atoms with Crippen LogP contribution in [-0.4, -0.2) is 39.0 Å². The molecule has 0 saturated carbocycles. The van der Waals surface area contributed by atoms with Crippen LogP contribution in [0.15, 0.2) is 17.0 Å². The van der Waals surface area contributed by atoms with Crippen LogP contribution in [-0.2, 0) is 14.8 Å². The Balaban J connectivity index is 3.18. The fourth-order valence-electron chi connectivity index (χ4n) is 2.13. The molecule has 0 atom stereocenters.